The molecule has 1 N–H and O–H groups in total. The summed E-state index contributed by atoms with van der Waals surface area (Å²) in [6, 6.07) is 11.3. The molecule has 0 saturated heterocycles. The summed E-state index contributed by atoms with van der Waals surface area (Å²) >= 11 is 6.02. The molecule has 0 spiro atoms. The quantitative estimate of drug-likeness (QED) is 0.925. The van der Waals surface area contributed by atoms with Crippen molar-refractivity contribution < 1.29 is 13.2 Å². The van der Waals surface area contributed by atoms with Crippen LogP contribution in [0, 0.1) is 6.92 Å². The average molecular weight is 338 g/mol. The normalized spacial score (nSPS) is 11.2. The Kier molecular flexibility index (Phi) is 4.88. The van der Waals surface area contributed by atoms with Crippen LogP contribution >= 0.6 is 11.6 Å². The molecule has 2 aromatic carbocycles. The van der Waals surface area contributed by atoms with E-state index in [1.807, 2.05) is 6.92 Å². The van der Waals surface area contributed by atoms with Gasteiger partial charge in [-0.05, 0) is 36.8 Å². The van der Waals surface area contributed by atoms with Gasteiger partial charge in [-0.3, -0.25) is 4.79 Å². The number of anilines is 1. The number of rotatable bonds is 4. The molecule has 0 aliphatic heterocycles. The SMILES string of the molecule is CCS(=O)(=O)c1ccccc1C(=O)Nc1ccc(C)c(Cl)c1. The fraction of sp³-hybridized carbons (Fsp3) is 0.188. The molecule has 22 heavy (non-hydrogen) atoms. The van der Waals surface area contributed by atoms with Crippen LogP contribution < -0.4 is 5.32 Å². The van der Waals surface area contributed by atoms with Crippen molar-refractivity contribution in [2.45, 2.75) is 18.7 Å². The lowest BCUT2D eigenvalue weighted by atomic mass is 10.2. The van der Waals surface area contributed by atoms with Crippen molar-refractivity contribution >= 4 is 33.0 Å². The van der Waals surface area contributed by atoms with Crippen LogP contribution in [0.5, 0.6) is 0 Å². The molecule has 4 nitrogen and oxygen atoms in total. The molecule has 0 bridgehead atoms. The second-order valence-corrected chi connectivity index (χ2v) is 7.47. The number of hydrogen-bond donors (Lipinski definition) is 1. The molecule has 2 aromatic rings. The van der Waals surface area contributed by atoms with E-state index in [4.69, 9.17) is 11.6 Å². The summed E-state index contributed by atoms with van der Waals surface area (Å²) in [5, 5.41) is 3.21. The molecule has 0 atom stereocenters. The van der Waals surface area contributed by atoms with E-state index in [1.54, 1.807) is 37.3 Å². The van der Waals surface area contributed by atoms with Crippen LogP contribution in [0.2, 0.25) is 5.02 Å². The topological polar surface area (TPSA) is 63.2 Å². The molecule has 0 aliphatic carbocycles. The lowest BCUT2D eigenvalue weighted by molar-refractivity contribution is 0.102. The minimum Gasteiger partial charge on any atom is -0.322 e. The van der Waals surface area contributed by atoms with Crippen LogP contribution in [0.3, 0.4) is 0 Å². The number of nitrogens with one attached hydrogen (secondary N) is 1. The summed E-state index contributed by atoms with van der Waals surface area (Å²) in [6.07, 6.45) is 0. The Morgan fingerprint density at radius 1 is 1.18 bits per heavy atom. The lowest BCUT2D eigenvalue weighted by Crippen LogP contribution is -2.17. The summed E-state index contributed by atoms with van der Waals surface area (Å²) < 4.78 is 24.2. The van der Waals surface area contributed by atoms with Crippen molar-refractivity contribution in [2.75, 3.05) is 11.1 Å². The highest BCUT2D eigenvalue weighted by Crippen LogP contribution is 2.22. The molecule has 6 heteroatoms. The van der Waals surface area contributed by atoms with Crippen molar-refractivity contribution in [1.82, 2.24) is 0 Å². The molecule has 0 radical (unpaired) electrons. The van der Waals surface area contributed by atoms with Gasteiger partial charge in [-0.15, -0.1) is 0 Å². The van der Waals surface area contributed by atoms with Crippen LogP contribution in [0.4, 0.5) is 5.69 Å². The molecule has 116 valence electrons. The third-order valence-corrected chi connectivity index (χ3v) is 5.47. The van der Waals surface area contributed by atoms with Gasteiger partial charge in [-0.2, -0.15) is 0 Å². The Bertz CT molecular complexity index is 816. The first-order valence-corrected chi connectivity index (χ1v) is 8.77. The second-order valence-electron chi connectivity index (χ2n) is 4.82. The molecule has 0 aromatic heterocycles. The van der Waals surface area contributed by atoms with E-state index >= 15 is 0 Å². The van der Waals surface area contributed by atoms with E-state index in [9.17, 15) is 13.2 Å². The highest BCUT2D eigenvalue weighted by Gasteiger charge is 2.20. The summed E-state index contributed by atoms with van der Waals surface area (Å²) in [4.78, 5) is 12.4. The maximum Gasteiger partial charge on any atom is 0.256 e. The van der Waals surface area contributed by atoms with Gasteiger partial charge in [0.1, 0.15) is 0 Å². The first kappa shape index (κ1) is 16.5. The van der Waals surface area contributed by atoms with E-state index in [1.165, 1.54) is 12.1 Å². The van der Waals surface area contributed by atoms with E-state index in [0.717, 1.165) is 5.56 Å². The Labute approximate surface area is 135 Å². The van der Waals surface area contributed by atoms with Crippen molar-refractivity contribution in [3.8, 4) is 0 Å². The number of carbonyl (C=O) groups excluding carboxylic acids is 1. The second kappa shape index (κ2) is 6.50. The number of sulfone groups is 1. The van der Waals surface area contributed by atoms with Crippen molar-refractivity contribution in [3.63, 3.8) is 0 Å². The summed E-state index contributed by atoms with van der Waals surface area (Å²) in [5.41, 5.74) is 1.54. The molecule has 0 unspecified atom stereocenters. The van der Waals surface area contributed by atoms with Crippen LogP contribution in [0.25, 0.3) is 0 Å². The molecule has 2 rings (SSSR count). The van der Waals surface area contributed by atoms with Crippen molar-refractivity contribution in [1.29, 1.82) is 0 Å². The maximum absolute atomic E-state index is 12.4. The number of aryl methyl sites for hydroxylation is 1. The zero-order chi connectivity index (χ0) is 16.3. The lowest BCUT2D eigenvalue weighted by Gasteiger charge is -2.10. The zero-order valence-corrected chi connectivity index (χ0v) is 13.8. The molecule has 0 heterocycles. The third-order valence-electron chi connectivity index (χ3n) is 3.28. The largest absolute Gasteiger partial charge is 0.322 e. The number of hydrogen-bond acceptors (Lipinski definition) is 3. The van der Waals surface area contributed by atoms with Gasteiger partial charge >= 0.3 is 0 Å². The standard InChI is InChI=1S/C16H16ClNO3S/c1-3-22(20,21)15-7-5-4-6-13(15)16(19)18-12-9-8-11(2)14(17)10-12/h4-10H,3H2,1-2H3,(H,18,19). The van der Waals surface area contributed by atoms with E-state index < -0.39 is 15.7 Å². The first-order valence-electron chi connectivity index (χ1n) is 6.74. The van der Waals surface area contributed by atoms with E-state index in [0.29, 0.717) is 10.7 Å². The maximum atomic E-state index is 12.4. The molecular formula is C16H16ClNO3S. The Morgan fingerprint density at radius 3 is 2.50 bits per heavy atom. The predicted molar refractivity (Wildman–Crippen MR) is 88.3 cm³/mol. The van der Waals surface area contributed by atoms with Gasteiger partial charge in [0.05, 0.1) is 16.2 Å². The number of halogens is 1. The molecule has 0 saturated carbocycles. The Balaban J connectivity index is 2.36. The number of amides is 1. The fourth-order valence-electron chi connectivity index (χ4n) is 1.95. The van der Waals surface area contributed by atoms with Crippen LogP contribution in [0.15, 0.2) is 47.4 Å². The minimum atomic E-state index is -3.47. The van der Waals surface area contributed by atoms with Gasteiger partial charge in [0.2, 0.25) is 0 Å². The van der Waals surface area contributed by atoms with E-state index in [-0.39, 0.29) is 16.2 Å². The van der Waals surface area contributed by atoms with Gasteiger partial charge in [0.15, 0.2) is 9.84 Å². The first-order chi connectivity index (χ1) is 10.3. The van der Waals surface area contributed by atoms with Crippen LogP contribution in [0.1, 0.15) is 22.8 Å². The van der Waals surface area contributed by atoms with Gasteiger partial charge in [0, 0.05) is 10.7 Å². The van der Waals surface area contributed by atoms with E-state index in [2.05, 4.69) is 5.32 Å². The highest BCUT2D eigenvalue weighted by atomic mass is 35.5. The predicted octanol–water partition coefficient (Wildman–Crippen LogP) is 3.69. The number of benzene rings is 2. The summed E-state index contributed by atoms with van der Waals surface area (Å²) in [6.45, 7) is 3.40. The molecule has 0 fully saturated rings. The molecule has 1 amide bonds. The van der Waals surface area contributed by atoms with Crippen molar-refractivity contribution in [2.24, 2.45) is 0 Å². The average Bonchev–Trinajstić information content (AvgIpc) is 2.51. The zero-order valence-electron chi connectivity index (χ0n) is 12.3. The monoisotopic (exact) mass is 337 g/mol. The van der Waals surface area contributed by atoms with Crippen LogP contribution in [-0.4, -0.2) is 20.1 Å². The third kappa shape index (κ3) is 3.48. The highest BCUT2D eigenvalue weighted by molar-refractivity contribution is 7.91. The molecule has 0 aliphatic rings. The smallest absolute Gasteiger partial charge is 0.256 e. The Morgan fingerprint density at radius 2 is 1.86 bits per heavy atom. The fourth-order valence-corrected chi connectivity index (χ4v) is 3.22. The Hall–Kier alpha value is -1.85. The molecular weight excluding hydrogens is 322 g/mol. The van der Waals surface area contributed by atoms with Crippen molar-refractivity contribution in [3.05, 3.63) is 58.6 Å². The summed E-state index contributed by atoms with van der Waals surface area (Å²) in [7, 11) is -3.47. The van der Waals surface area contributed by atoms with Gasteiger partial charge in [-0.1, -0.05) is 36.7 Å². The summed E-state index contributed by atoms with van der Waals surface area (Å²) in [5.74, 6) is -0.541. The van der Waals surface area contributed by atoms with Gasteiger partial charge < -0.3 is 5.32 Å². The van der Waals surface area contributed by atoms with Gasteiger partial charge in [0.25, 0.3) is 5.91 Å². The minimum absolute atomic E-state index is 0.0354. The number of carbonyl (C=O) groups is 1. The van der Waals surface area contributed by atoms with Crippen LogP contribution in [-0.2, 0) is 9.84 Å². The van der Waals surface area contributed by atoms with Gasteiger partial charge in [-0.25, -0.2) is 8.42 Å².